The maximum atomic E-state index is 12.5. The molecule has 2 aromatic heterocycles. The predicted octanol–water partition coefficient (Wildman–Crippen LogP) is 1.70. The number of carbonyl (C=O) groups excluding carboxylic acids is 2. The lowest BCUT2D eigenvalue weighted by molar-refractivity contribution is -0.121. The number of pyridine rings is 1. The van der Waals surface area contributed by atoms with Crippen molar-refractivity contribution in [2.75, 3.05) is 18.5 Å². The lowest BCUT2D eigenvalue weighted by Gasteiger charge is -2.11. The zero-order valence-electron chi connectivity index (χ0n) is 14.7. The minimum Gasteiger partial charge on any atom is -0.477 e. The molecule has 25 heavy (non-hydrogen) atoms. The zero-order valence-corrected chi connectivity index (χ0v) is 14.7. The number of hydrogen-bond acceptors (Lipinski definition) is 5. The van der Waals surface area contributed by atoms with Gasteiger partial charge >= 0.3 is 0 Å². The van der Waals surface area contributed by atoms with Crippen LogP contribution in [-0.4, -0.2) is 39.7 Å². The van der Waals surface area contributed by atoms with Gasteiger partial charge in [0.1, 0.15) is 12.1 Å². The third-order valence-electron chi connectivity index (χ3n) is 3.13. The fourth-order valence-corrected chi connectivity index (χ4v) is 2.02. The Morgan fingerprint density at radius 1 is 1.32 bits per heavy atom. The predicted molar refractivity (Wildman–Crippen MR) is 93.4 cm³/mol. The van der Waals surface area contributed by atoms with Crippen molar-refractivity contribution >= 4 is 17.6 Å². The number of amides is 2. The van der Waals surface area contributed by atoms with Gasteiger partial charge in [0.05, 0.1) is 6.61 Å². The molecule has 134 valence electrons. The maximum absolute atomic E-state index is 12.5. The van der Waals surface area contributed by atoms with E-state index in [-0.39, 0.29) is 24.2 Å². The van der Waals surface area contributed by atoms with Crippen LogP contribution in [0, 0.1) is 5.92 Å². The second-order valence-corrected chi connectivity index (χ2v) is 5.87. The molecule has 0 saturated carbocycles. The van der Waals surface area contributed by atoms with Gasteiger partial charge in [-0.3, -0.25) is 14.3 Å². The van der Waals surface area contributed by atoms with E-state index in [2.05, 4.69) is 20.7 Å². The van der Waals surface area contributed by atoms with Gasteiger partial charge in [-0.15, -0.1) is 0 Å². The Bertz CT molecular complexity index is 727. The number of nitrogens with one attached hydrogen (secondary N) is 2. The van der Waals surface area contributed by atoms with E-state index in [0.717, 1.165) is 0 Å². The standard InChI is InChI=1S/C17H23N5O3/c1-4-18-15(23)10-22-9-7-14(21-22)20-16(24)13-6-5-8-19-17(13)25-11-12(2)3/h5-9,12H,4,10-11H2,1-3H3,(H,18,23)(H,20,21,24). The second-order valence-electron chi connectivity index (χ2n) is 5.87. The molecule has 0 atom stereocenters. The number of rotatable bonds is 8. The molecule has 0 aliphatic rings. The Balaban J connectivity index is 2.03. The van der Waals surface area contributed by atoms with Crippen LogP contribution in [0.5, 0.6) is 5.88 Å². The van der Waals surface area contributed by atoms with Crippen molar-refractivity contribution in [3.05, 3.63) is 36.2 Å². The number of nitrogens with zero attached hydrogens (tertiary/aromatic N) is 3. The summed E-state index contributed by atoms with van der Waals surface area (Å²) < 4.78 is 7.05. The van der Waals surface area contributed by atoms with E-state index in [1.54, 1.807) is 30.6 Å². The molecule has 8 heteroatoms. The van der Waals surface area contributed by atoms with Crippen molar-refractivity contribution in [2.45, 2.75) is 27.3 Å². The number of ether oxygens (including phenoxy) is 1. The monoisotopic (exact) mass is 345 g/mol. The van der Waals surface area contributed by atoms with Gasteiger partial charge in [0.15, 0.2) is 5.82 Å². The number of anilines is 1. The summed E-state index contributed by atoms with van der Waals surface area (Å²) in [5.41, 5.74) is 0.335. The van der Waals surface area contributed by atoms with E-state index in [9.17, 15) is 9.59 Å². The summed E-state index contributed by atoms with van der Waals surface area (Å²) in [6.45, 7) is 7.01. The van der Waals surface area contributed by atoms with Crippen LogP contribution in [0.1, 0.15) is 31.1 Å². The molecule has 0 spiro atoms. The molecule has 2 amide bonds. The van der Waals surface area contributed by atoms with E-state index in [1.165, 1.54) is 4.68 Å². The molecule has 0 unspecified atom stereocenters. The first kappa shape index (κ1) is 18.4. The Kier molecular flexibility index (Phi) is 6.50. The van der Waals surface area contributed by atoms with Crippen LogP contribution in [-0.2, 0) is 11.3 Å². The Morgan fingerprint density at radius 2 is 2.12 bits per heavy atom. The van der Waals surface area contributed by atoms with Gasteiger partial charge in [0.2, 0.25) is 11.8 Å². The maximum Gasteiger partial charge on any atom is 0.262 e. The number of likely N-dealkylation sites (N-methyl/N-ethyl adjacent to an activating group) is 1. The number of carbonyl (C=O) groups is 2. The van der Waals surface area contributed by atoms with Gasteiger partial charge in [0.25, 0.3) is 5.91 Å². The average Bonchev–Trinajstić information content (AvgIpc) is 3.00. The first-order valence-corrected chi connectivity index (χ1v) is 8.19. The van der Waals surface area contributed by atoms with E-state index in [4.69, 9.17) is 4.74 Å². The van der Waals surface area contributed by atoms with Crippen LogP contribution in [0.2, 0.25) is 0 Å². The minimum absolute atomic E-state index is 0.0966. The highest BCUT2D eigenvalue weighted by atomic mass is 16.5. The highest BCUT2D eigenvalue weighted by molar-refractivity contribution is 6.05. The summed E-state index contributed by atoms with van der Waals surface area (Å²) in [7, 11) is 0. The van der Waals surface area contributed by atoms with Crippen molar-refractivity contribution in [3.63, 3.8) is 0 Å². The molecule has 8 nitrogen and oxygen atoms in total. The number of aromatic nitrogens is 3. The molecule has 0 saturated heterocycles. The summed E-state index contributed by atoms with van der Waals surface area (Å²) in [5, 5.41) is 9.54. The highest BCUT2D eigenvalue weighted by Crippen LogP contribution is 2.17. The summed E-state index contributed by atoms with van der Waals surface area (Å²) >= 11 is 0. The summed E-state index contributed by atoms with van der Waals surface area (Å²) in [6.07, 6.45) is 3.21. The van der Waals surface area contributed by atoms with Gasteiger partial charge in [0, 0.05) is 25.0 Å². The van der Waals surface area contributed by atoms with Crippen LogP contribution >= 0.6 is 0 Å². The molecule has 0 aliphatic heterocycles. The molecule has 0 fully saturated rings. The quantitative estimate of drug-likeness (QED) is 0.759. The van der Waals surface area contributed by atoms with Gasteiger partial charge in [-0.25, -0.2) is 4.98 Å². The van der Waals surface area contributed by atoms with E-state index < -0.39 is 0 Å². The van der Waals surface area contributed by atoms with Gasteiger partial charge in [-0.1, -0.05) is 13.8 Å². The molecule has 0 aromatic carbocycles. The highest BCUT2D eigenvalue weighted by Gasteiger charge is 2.15. The molecule has 2 N–H and O–H groups in total. The molecular formula is C17H23N5O3. The first-order valence-electron chi connectivity index (χ1n) is 8.19. The van der Waals surface area contributed by atoms with Crippen molar-refractivity contribution in [2.24, 2.45) is 5.92 Å². The molecule has 2 aromatic rings. The SMILES string of the molecule is CCNC(=O)Cn1ccc(NC(=O)c2cccnc2OCC(C)C)n1. The van der Waals surface area contributed by atoms with Crippen LogP contribution in [0.3, 0.4) is 0 Å². The minimum atomic E-state index is -0.366. The van der Waals surface area contributed by atoms with Gasteiger partial charge < -0.3 is 15.4 Å². The third kappa shape index (κ3) is 5.59. The average molecular weight is 345 g/mol. The van der Waals surface area contributed by atoms with Gasteiger partial charge in [-0.05, 0) is 25.0 Å². The summed E-state index contributed by atoms with van der Waals surface area (Å²) in [4.78, 5) is 28.1. The Morgan fingerprint density at radius 3 is 2.84 bits per heavy atom. The van der Waals surface area contributed by atoms with E-state index >= 15 is 0 Å². The fourth-order valence-electron chi connectivity index (χ4n) is 2.02. The molecule has 0 bridgehead atoms. The topological polar surface area (TPSA) is 98.1 Å². The zero-order chi connectivity index (χ0) is 18.2. The summed E-state index contributed by atoms with van der Waals surface area (Å²) in [5.74, 6) is 0.460. The van der Waals surface area contributed by atoms with Crippen LogP contribution < -0.4 is 15.4 Å². The normalized spacial score (nSPS) is 10.6. The molecular weight excluding hydrogens is 322 g/mol. The number of hydrogen-bond donors (Lipinski definition) is 2. The van der Waals surface area contributed by atoms with Crippen molar-refractivity contribution in [1.82, 2.24) is 20.1 Å². The Labute approximate surface area is 146 Å². The fraction of sp³-hybridized carbons (Fsp3) is 0.412. The lowest BCUT2D eigenvalue weighted by Crippen LogP contribution is -2.27. The largest absolute Gasteiger partial charge is 0.477 e. The molecule has 0 aliphatic carbocycles. The second kappa shape index (κ2) is 8.81. The van der Waals surface area contributed by atoms with Crippen molar-refractivity contribution < 1.29 is 14.3 Å². The van der Waals surface area contributed by atoms with E-state index in [1.807, 2.05) is 20.8 Å². The smallest absolute Gasteiger partial charge is 0.262 e. The molecule has 2 rings (SSSR count). The summed E-state index contributed by atoms with van der Waals surface area (Å²) in [6, 6.07) is 4.94. The van der Waals surface area contributed by atoms with Crippen LogP contribution in [0.4, 0.5) is 5.82 Å². The van der Waals surface area contributed by atoms with Crippen molar-refractivity contribution in [3.8, 4) is 5.88 Å². The molecule has 2 heterocycles. The third-order valence-corrected chi connectivity index (χ3v) is 3.13. The van der Waals surface area contributed by atoms with Crippen LogP contribution in [0.15, 0.2) is 30.6 Å². The Hall–Kier alpha value is -2.90. The van der Waals surface area contributed by atoms with Crippen LogP contribution in [0.25, 0.3) is 0 Å². The first-order chi connectivity index (χ1) is 12.0. The van der Waals surface area contributed by atoms with Gasteiger partial charge in [-0.2, -0.15) is 5.10 Å². The lowest BCUT2D eigenvalue weighted by atomic mass is 10.2. The molecule has 0 radical (unpaired) electrons. The van der Waals surface area contributed by atoms with E-state index in [0.29, 0.717) is 30.5 Å². The van der Waals surface area contributed by atoms with Crippen molar-refractivity contribution in [1.29, 1.82) is 0 Å².